The highest BCUT2D eigenvalue weighted by Gasteiger charge is 2.86. The predicted molar refractivity (Wildman–Crippen MR) is 169 cm³/mol. The summed E-state index contributed by atoms with van der Waals surface area (Å²) in [7, 11) is 1.54. The molecule has 15 heteroatoms. The number of nitrogens with one attached hydrogen (secondary N) is 2. The molecule has 7 rings (SSSR count). The Hall–Kier alpha value is -3.95. The van der Waals surface area contributed by atoms with Gasteiger partial charge in [0.15, 0.2) is 29.3 Å². The SMILES string of the molecule is CN(CCNC(=O)[C@H](CCCN=C(N)N)NC(=O)CN)C(=O)Oc1ccc2c3c1O[C@H]1C(=O)CC[C@@]4(O)[C@H]5N(CC6CC6)CC25C[C@]314. The van der Waals surface area contributed by atoms with E-state index in [2.05, 4.69) is 20.5 Å². The third kappa shape index (κ3) is 4.76. The van der Waals surface area contributed by atoms with E-state index >= 15 is 0 Å². The smallest absolute Gasteiger partial charge is 0.415 e. The van der Waals surface area contributed by atoms with Crippen LogP contribution in [0.4, 0.5) is 4.79 Å². The number of ether oxygens (including phenoxy) is 2. The molecule has 1 aromatic carbocycles. The van der Waals surface area contributed by atoms with Gasteiger partial charge in [-0.1, -0.05) is 6.07 Å². The molecule has 3 amide bonds. The largest absolute Gasteiger partial charge is 0.477 e. The summed E-state index contributed by atoms with van der Waals surface area (Å²) in [6.07, 6.45) is 3.05. The van der Waals surface area contributed by atoms with E-state index < -0.39 is 41.1 Å². The fourth-order valence-corrected chi connectivity index (χ4v) is 9.21. The van der Waals surface area contributed by atoms with E-state index in [4.69, 9.17) is 26.7 Å². The van der Waals surface area contributed by atoms with Crippen molar-refractivity contribution >= 4 is 29.7 Å². The van der Waals surface area contributed by atoms with Crippen molar-refractivity contribution in [3.8, 4) is 11.5 Å². The Morgan fingerprint density at radius 3 is 2.79 bits per heavy atom. The second kappa shape index (κ2) is 11.3. The van der Waals surface area contributed by atoms with Gasteiger partial charge in [0.2, 0.25) is 11.8 Å². The summed E-state index contributed by atoms with van der Waals surface area (Å²) >= 11 is 0. The summed E-state index contributed by atoms with van der Waals surface area (Å²) in [6.45, 7) is 2.07. The van der Waals surface area contributed by atoms with Crippen LogP contribution in [0.15, 0.2) is 17.1 Å². The number of hydrogen-bond acceptors (Lipinski definition) is 10. The van der Waals surface area contributed by atoms with Crippen LogP contribution in [0.3, 0.4) is 0 Å². The van der Waals surface area contributed by atoms with Crippen LogP contribution in [0.2, 0.25) is 0 Å². The third-order valence-electron chi connectivity index (χ3n) is 11.3. The summed E-state index contributed by atoms with van der Waals surface area (Å²) in [6, 6.07) is 2.85. The van der Waals surface area contributed by atoms with Crippen molar-refractivity contribution in [1.29, 1.82) is 0 Å². The van der Waals surface area contributed by atoms with Crippen molar-refractivity contribution in [1.82, 2.24) is 20.4 Å². The van der Waals surface area contributed by atoms with Crippen molar-refractivity contribution < 1.29 is 33.8 Å². The van der Waals surface area contributed by atoms with Crippen LogP contribution in [-0.2, 0) is 25.2 Å². The van der Waals surface area contributed by atoms with E-state index in [1.54, 1.807) is 13.1 Å². The second-order valence-electron chi connectivity index (χ2n) is 14.1. The first-order valence-corrected chi connectivity index (χ1v) is 16.5. The summed E-state index contributed by atoms with van der Waals surface area (Å²) in [5.41, 5.74) is 15.9. The first-order chi connectivity index (χ1) is 22.4. The number of rotatable bonds is 13. The van der Waals surface area contributed by atoms with Crippen molar-refractivity contribution in [2.24, 2.45) is 28.1 Å². The lowest BCUT2D eigenvalue weighted by molar-refractivity contribution is -0.168. The lowest BCUT2D eigenvalue weighted by Crippen LogP contribution is -2.76. The van der Waals surface area contributed by atoms with Gasteiger partial charge in [0.05, 0.1) is 23.6 Å². The van der Waals surface area contributed by atoms with Crippen LogP contribution in [0.25, 0.3) is 0 Å². The van der Waals surface area contributed by atoms with Gasteiger partial charge in [0, 0.05) is 57.2 Å². The zero-order valence-corrected chi connectivity index (χ0v) is 26.6. The number of guanidine groups is 1. The van der Waals surface area contributed by atoms with Crippen LogP contribution >= 0.6 is 0 Å². The molecule has 6 atom stereocenters. The molecule has 4 fully saturated rings. The highest BCUT2D eigenvalue weighted by atomic mass is 16.6. The summed E-state index contributed by atoms with van der Waals surface area (Å²) < 4.78 is 12.2. The van der Waals surface area contributed by atoms with Crippen LogP contribution in [-0.4, -0.2) is 115 Å². The first-order valence-electron chi connectivity index (χ1n) is 16.5. The van der Waals surface area contributed by atoms with Crippen LogP contribution in [0.5, 0.6) is 11.5 Å². The monoisotopic (exact) mass is 652 g/mol. The quantitative estimate of drug-likeness (QED) is 0.0822. The first kappa shape index (κ1) is 31.6. The molecular formula is C32H44N8O7. The number of benzene rings is 1. The minimum Gasteiger partial charge on any atom is -0.477 e. The van der Waals surface area contributed by atoms with Gasteiger partial charge in [-0.3, -0.25) is 24.3 Å². The Morgan fingerprint density at radius 1 is 1.28 bits per heavy atom. The zero-order valence-electron chi connectivity index (χ0n) is 26.6. The van der Waals surface area contributed by atoms with Crippen molar-refractivity contribution in [3.05, 3.63) is 23.3 Å². The number of aliphatic imine (C=N–C) groups is 1. The topological polar surface area (TPSA) is 228 Å². The van der Waals surface area contributed by atoms with Gasteiger partial charge in [-0.15, -0.1) is 0 Å². The normalized spacial score (nSPS) is 31.2. The molecule has 3 saturated carbocycles. The molecule has 2 bridgehead atoms. The average molecular weight is 653 g/mol. The molecule has 1 aromatic rings. The van der Waals surface area contributed by atoms with Gasteiger partial charge >= 0.3 is 6.09 Å². The molecule has 9 N–H and O–H groups in total. The predicted octanol–water partition coefficient (Wildman–Crippen LogP) is -1.43. The number of hydrogen-bond donors (Lipinski definition) is 6. The third-order valence-corrected chi connectivity index (χ3v) is 11.3. The minimum atomic E-state index is -1.08. The van der Waals surface area contributed by atoms with E-state index in [0.717, 1.165) is 24.2 Å². The van der Waals surface area contributed by atoms with Gasteiger partial charge in [-0.05, 0) is 56.1 Å². The molecule has 2 aliphatic heterocycles. The molecule has 0 radical (unpaired) electrons. The van der Waals surface area contributed by atoms with Gasteiger partial charge in [-0.25, -0.2) is 4.79 Å². The van der Waals surface area contributed by atoms with Gasteiger partial charge in [0.1, 0.15) is 6.04 Å². The minimum absolute atomic E-state index is 0.0220. The maximum Gasteiger partial charge on any atom is 0.415 e. The molecular weight excluding hydrogens is 608 g/mol. The van der Waals surface area contributed by atoms with E-state index in [9.17, 15) is 24.3 Å². The van der Waals surface area contributed by atoms with Crippen molar-refractivity contribution in [3.63, 3.8) is 0 Å². The number of ketones is 1. The molecule has 6 aliphatic rings. The van der Waals surface area contributed by atoms with Crippen molar-refractivity contribution in [2.75, 3.05) is 46.3 Å². The number of likely N-dealkylation sites (tertiary alicyclic amines) is 1. The van der Waals surface area contributed by atoms with E-state index in [-0.39, 0.29) is 61.4 Å². The summed E-state index contributed by atoms with van der Waals surface area (Å²) in [5.74, 6) is 0.289. The zero-order chi connectivity index (χ0) is 33.3. The van der Waals surface area contributed by atoms with Gasteiger partial charge in [0.25, 0.3) is 0 Å². The standard InChI is InChI=1S/C32H44N8O7/c1-39(12-11-36-26(43)19(38-22(42)13-33)3-2-10-37-28(34)35)29(44)46-21-7-6-18-23-24(21)47-25-20(41)8-9-32(45)27-30(18,15-31(23,25)32)16-40(27)14-17-4-5-17/h6-7,17,19,25,27,45H,2-5,8-16,33H2,1H3,(H,36,43)(H,38,42)(H4,34,35,37)/t19-,25-,27-,30?,31-,32+/m0/s1. The summed E-state index contributed by atoms with van der Waals surface area (Å²) in [4.78, 5) is 58.9. The highest BCUT2D eigenvalue weighted by molar-refractivity contribution is 5.92. The number of aliphatic hydroxyl groups is 1. The summed E-state index contributed by atoms with van der Waals surface area (Å²) in [5, 5.41) is 17.8. The van der Waals surface area contributed by atoms with Crippen molar-refractivity contribution in [2.45, 2.75) is 79.6 Å². The fourth-order valence-electron chi connectivity index (χ4n) is 9.21. The molecule has 1 saturated heterocycles. The molecule has 47 heavy (non-hydrogen) atoms. The number of Topliss-reactive ketones (excluding diaryl/α,β-unsaturated/α-hetero) is 1. The maximum atomic E-state index is 13.3. The Bertz CT molecular complexity index is 1550. The number of amides is 3. The fraction of sp³-hybridized carbons (Fsp3) is 0.656. The number of likely N-dealkylation sites (N-methyl/N-ethyl adjacent to an activating group) is 1. The maximum absolute atomic E-state index is 13.3. The number of carbonyl (C=O) groups excluding carboxylic acids is 4. The van der Waals surface area contributed by atoms with Gasteiger partial charge in [-0.2, -0.15) is 0 Å². The van der Waals surface area contributed by atoms with E-state index in [1.807, 2.05) is 6.07 Å². The Morgan fingerprint density at radius 2 is 2.06 bits per heavy atom. The van der Waals surface area contributed by atoms with Crippen LogP contribution in [0, 0.1) is 5.92 Å². The Balaban J connectivity index is 1.02. The number of carbonyl (C=O) groups is 4. The number of nitrogens with zero attached hydrogens (tertiary/aromatic N) is 3. The van der Waals surface area contributed by atoms with E-state index in [1.165, 1.54) is 17.7 Å². The molecule has 15 nitrogen and oxygen atoms in total. The molecule has 2 heterocycles. The molecule has 2 spiro atoms. The average Bonchev–Trinajstić information content (AvgIpc) is 3.64. The van der Waals surface area contributed by atoms with Crippen LogP contribution in [0.1, 0.15) is 56.1 Å². The lowest BCUT2D eigenvalue weighted by atomic mass is 9.55. The second-order valence-corrected chi connectivity index (χ2v) is 14.1. The molecule has 254 valence electrons. The molecule has 4 aliphatic carbocycles. The number of nitrogens with two attached hydrogens (primary N) is 3. The highest BCUT2D eigenvalue weighted by Crippen LogP contribution is 2.77. The number of fused-ring (bicyclic) bond motifs is 1. The van der Waals surface area contributed by atoms with E-state index in [0.29, 0.717) is 37.5 Å². The van der Waals surface area contributed by atoms with Gasteiger partial charge < -0.3 is 47.3 Å². The molecule has 0 aromatic heterocycles. The van der Waals surface area contributed by atoms with Crippen LogP contribution < -0.4 is 37.3 Å². The Labute approximate surface area is 272 Å². The lowest BCUT2D eigenvalue weighted by Gasteiger charge is -2.61. The molecule has 1 unspecified atom stereocenters. The Kier molecular flexibility index (Phi) is 7.63.